The molecular weight excluding hydrogens is 570 g/mol. The Labute approximate surface area is 238 Å². The first-order valence-electron chi connectivity index (χ1n) is 12.3. The van der Waals surface area contributed by atoms with Crippen LogP contribution in [-0.4, -0.2) is 35.8 Å². The number of nitrogens with zero attached hydrogens (tertiary/aromatic N) is 3. The number of sulfone groups is 1. The van der Waals surface area contributed by atoms with Gasteiger partial charge in [0.05, 0.1) is 29.2 Å². The van der Waals surface area contributed by atoms with Crippen LogP contribution in [0, 0.1) is 11.6 Å². The summed E-state index contributed by atoms with van der Waals surface area (Å²) in [4.78, 5) is 19.2. The smallest absolute Gasteiger partial charge is 0.255 e. The van der Waals surface area contributed by atoms with Gasteiger partial charge in [-0.15, -0.1) is 16.4 Å². The van der Waals surface area contributed by atoms with E-state index in [1.807, 2.05) is 30.3 Å². The summed E-state index contributed by atoms with van der Waals surface area (Å²) in [5.41, 5.74) is 7.27. The molecule has 0 fully saturated rings. The fraction of sp³-hybridized carbons (Fsp3) is 0.143. The van der Waals surface area contributed by atoms with Crippen LogP contribution in [0.5, 0.6) is 0 Å². The van der Waals surface area contributed by atoms with Gasteiger partial charge in [-0.3, -0.25) is 4.79 Å². The SMILES string of the molecule is C[C@H](NC(=O)c1cc(S(C)(=O)=O)cnc1NCc1ccc(-c2ccc3cnnc(N)c3c2)s1)c1ccc(F)c(F)c1. The molecule has 1 atom stereocenters. The monoisotopic (exact) mass is 594 g/mol. The zero-order valence-electron chi connectivity index (χ0n) is 21.9. The molecule has 1 amide bonds. The quantitative estimate of drug-likeness (QED) is 0.225. The number of hydrogen-bond donors (Lipinski definition) is 3. The highest BCUT2D eigenvalue weighted by Crippen LogP contribution is 2.32. The van der Waals surface area contributed by atoms with Crippen molar-refractivity contribution >= 4 is 49.5 Å². The number of anilines is 2. The molecule has 0 spiro atoms. The maximum Gasteiger partial charge on any atom is 0.255 e. The van der Waals surface area contributed by atoms with Crippen molar-refractivity contribution in [2.45, 2.75) is 24.4 Å². The first kappa shape index (κ1) is 28.1. The van der Waals surface area contributed by atoms with E-state index >= 15 is 0 Å². The van der Waals surface area contributed by atoms with Crippen molar-refractivity contribution in [1.29, 1.82) is 0 Å². The van der Waals surface area contributed by atoms with Crippen LogP contribution < -0.4 is 16.4 Å². The van der Waals surface area contributed by atoms with Gasteiger partial charge in [-0.05, 0) is 54.4 Å². The Morgan fingerprint density at radius 3 is 2.61 bits per heavy atom. The van der Waals surface area contributed by atoms with Crippen molar-refractivity contribution in [2.24, 2.45) is 0 Å². The number of carbonyl (C=O) groups excluding carboxylic acids is 1. The molecule has 9 nitrogen and oxygen atoms in total. The zero-order chi connectivity index (χ0) is 29.3. The molecule has 210 valence electrons. The Kier molecular flexibility index (Phi) is 7.65. The van der Waals surface area contributed by atoms with Gasteiger partial charge in [0.2, 0.25) is 0 Å². The van der Waals surface area contributed by atoms with E-state index in [-0.39, 0.29) is 16.3 Å². The van der Waals surface area contributed by atoms with E-state index in [2.05, 4.69) is 25.8 Å². The second kappa shape index (κ2) is 11.2. The molecule has 4 N–H and O–H groups in total. The third kappa shape index (κ3) is 6.15. The van der Waals surface area contributed by atoms with E-state index in [9.17, 15) is 22.0 Å². The molecule has 0 aliphatic carbocycles. The summed E-state index contributed by atoms with van der Waals surface area (Å²) < 4.78 is 51.4. The average molecular weight is 595 g/mol. The Morgan fingerprint density at radius 2 is 1.85 bits per heavy atom. The molecule has 0 bridgehead atoms. The number of amides is 1. The number of rotatable bonds is 8. The number of aromatic nitrogens is 3. The standard InChI is InChI=1S/C28H24F2N6O3S2/c1-15(16-5-7-23(29)24(30)10-16)35-28(37)22-11-20(41(2,38)39)14-33-27(22)32-13-19-6-8-25(40-19)17-3-4-18-12-34-36-26(31)21(18)9-17/h3-12,14-15H,13H2,1-2H3,(H2,31,36)(H,32,33)(H,35,37)/t15-/m0/s1. The second-order valence-electron chi connectivity index (χ2n) is 9.36. The predicted octanol–water partition coefficient (Wildman–Crippen LogP) is 5.12. The predicted molar refractivity (Wildman–Crippen MR) is 154 cm³/mol. The van der Waals surface area contributed by atoms with E-state index in [4.69, 9.17) is 5.73 Å². The van der Waals surface area contributed by atoms with E-state index in [0.717, 1.165) is 44.5 Å². The second-order valence-corrected chi connectivity index (χ2v) is 12.5. The molecule has 5 aromatic rings. The van der Waals surface area contributed by atoms with Crippen molar-refractivity contribution in [2.75, 3.05) is 17.3 Å². The molecule has 3 heterocycles. The Bertz CT molecular complexity index is 1900. The number of benzene rings is 2. The average Bonchev–Trinajstić information content (AvgIpc) is 3.42. The molecule has 41 heavy (non-hydrogen) atoms. The van der Waals surface area contributed by atoms with Crippen molar-refractivity contribution in [1.82, 2.24) is 20.5 Å². The summed E-state index contributed by atoms with van der Waals surface area (Å²) in [6, 6.07) is 13.6. The maximum absolute atomic E-state index is 13.7. The van der Waals surface area contributed by atoms with Crippen molar-refractivity contribution in [3.63, 3.8) is 0 Å². The minimum absolute atomic E-state index is 0.00903. The van der Waals surface area contributed by atoms with Gasteiger partial charge < -0.3 is 16.4 Å². The van der Waals surface area contributed by atoms with Crippen LogP contribution in [-0.2, 0) is 16.4 Å². The topological polar surface area (TPSA) is 140 Å². The number of carbonyl (C=O) groups is 1. The number of pyridine rings is 1. The third-order valence-electron chi connectivity index (χ3n) is 6.39. The van der Waals surface area contributed by atoms with E-state index in [0.29, 0.717) is 17.9 Å². The molecule has 2 aromatic carbocycles. The van der Waals surface area contributed by atoms with Gasteiger partial charge in [0.15, 0.2) is 27.3 Å². The van der Waals surface area contributed by atoms with E-state index in [1.165, 1.54) is 29.7 Å². The van der Waals surface area contributed by atoms with Crippen LogP contribution in [0.15, 0.2) is 71.9 Å². The highest BCUT2D eigenvalue weighted by molar-refractivity contribution is 7.90. The molecule has 0 unspecified atom stereocenters. The summed E-state index contributed by atoms with van der Waals surface area (Å²) >= 11 is 1.52. The van der Waals surface area contributed by atoms with Crippen molar-refractivity contribution in [3.05, 3.63) is 94.6 Å². The molecule has 0 aliphatic rings. The number of nitrogens with two attached hydrogens (primary N) is 1. The Morgan fingerprint density at radius 1 is 1.05 bits per heavy atom. The number of thiophene rings is 1. The molecule has 0 saturated heterocycles. The van der Waals surface area contributed by atoms with Gasteiger partial charge in [0, 0.05) is 33.0 Å². The molecule has 3 aromatic heterocycles. The summed E-state index contributed by atoms with van der Waals surface area (Å²) in [5, 5.41) is 15.3. The number of nitrogen functional groups attached to an aromatic ring is 1. The largest absolute Gasteiger partial charge is 0.382 e. The normalized spacial score (nSPS) is 12.3. The lowest BCUT2D eigenvalue weighted by molar-refractivity contribution is 0.0940. The minimum atomic E-state index is -3.66. The van der Waals surface area contributed by atoms with E-state index < -0.39 is 33.4 Å². The van der Waals surface area contributed by atoms with Gasteiger partial charge in [0.25, 0.3) is 5.91 Å². The first-order chi connectivity index (χ1) is 19.5. The highest BCUT2D eigenvalue weighted by atomic mass is 32.2. The van der Waals surface area contributed by atoms with Crippen LogP contribution in [0.2, 0.25) is 0 Å². The fourth-order valence-electron chi connectivity index (χ4n) is 4.15. The number of nitrogens with one attached hydrogen (secondary N) is 2. The Balaban J connectivity index is 1.37. The van der Waals surface area contributed by atoms with Crippen LogP contribution in [0.1, 0.15) is 33.8 Å². The van der Waals surface area contributed by atoms with Gasteiger partial charge in [-0.1, -0.05) is 18.2 Å². The fourth-order valence-corrected chi connectivity index (χ4v) is 5.67. The van der Waals surface area contributed by atoms with Crippen LogP contribution in [0.4, 0.5) is 20.4 Å². The number of halogens is 2. The minimum Gasteiger partial charge on any atom is -0.382 e. The molecule has 0 saturated carbocycles. The maximum atomic E-state index is 13.7. The van der Waals surface area contributed by atoms with Gasteiger partial charge in [0.1, 0.15) is 5.82 Å². The van der Waals surface area contributed by atoms with Crippen LogP contribution in [0.3, 0.4) is 0 Å². The molecule has 0 aliphatic heterocycles. The van der Waals surface area contributed by atoms with Crippen LogP contribution >= 0.6 is 11.3 Å². The summed E-state index contributed by atoms with van der Waals surface area (Å²) in [6.45, 7) is 1.90. The number of hydrogen-bond acceptors (Lipinski definition) is 9. The molecule has 13 heteroatoms. The first-order valence-corrected chi connectivity index (χ1v) is 15.0. The summed E-state index contributed by atoms with van der Waals surface area (Å²) in [7, 11) is -3.66. The van der Waals surface area contributed by atoms with Crippen molar-refractivity contribution < 1.29 is 22.0 Å². The molecule has 5 rings (SSSR count). The lowest BCUT2D eigenvalue weighted by atomic mass is 10.1. The van der Waals surface area contributed by atoms with Gasteiger partial charge in [-0.2, -0.15) is 5.10 Å². The summed E-state index contributed by atoms with van der Waals surface area (Å²) in [5.74, 6) is -2.16. The van der Waals surface area contributed by atoms with E-state index in [1.54, 1.807) is 13.1 Å². The highest BCUT2D eigenvalue weighted by Gasteiger charge is 2.20. The molecule has 0 radical (unpaired) electrons. The molecular formula is C28H24F2N6O3S2. The lowest BCUT2D eigenvalue weighted by Crippen LogP contribution is -2.28. The zero-order valence-corrected chi connectivity index (χ0v) is 23.5. The Hall–Kier alpha value is -4.49. The van der Waals surface area contributed by atoms with Crippen molar-refractivity contribution in [3.8, 4) is 10.4 Å². The van der Waals surface area contributed by atoms with Crippen LogP contribution in [0.25, 0.3) is 21.2 Å². The lowest BCUT2D eigenvalue weighted by Gasteiger charge is -2.17. The summed E-state index contributed by atoms with van der Waals surface area (Å²) in [6.07, 6.45) is 3.84. The third-order valence-corrected chi connectivity index (χ3v) is 8.61. The van der Waals surface area contributed by atoms with Gasteiger partial charge >= 0.3 is 0 Å². The van der Waals surface area contributed by atoms with Gasteiger partial charge in [-0.25, -0.2) is 22.2 Å². The number of fused-ring (bicyclic) bond motifs is 1.